The van der Waals surface area contributed by atoms with Gasteiger partial charge in [0.05, 0.1) is 0 Å². The highest BCUT2D eigenvalue weighted by Gasteiger charge is 2.09. The lowest BCUT2D eigenvalue weighted by molar-refractivity contribution is 0.669. The third-order valence-electron chi connectivity index (χ3n) is 3.31. The lowest BCUT2D eigenvalue weighted by atomic mass is 10.1. The van der Waals surface area contributed by atoms with Gasteiger partial charge in [-0.3, -0.25) is 0 Å². The quantitative estimate of drug-likeness (QED) is 0.568. The summed E-state index contributed by atoms with van der Waals surface area (Å²) in [7, 11) is 0. The minimum Gasteiger partial charge on any atom is -0.456 e. The Morgan fingerprint density at radius 1 is 0.900 bits per heavy atom. The lowest BCUT2D eigenvalue weighted by Gasteiger charge is -2.00. The molecule has 4 heteroatoms. The van der Waals surface area contributed by atoms with Crippen LogP contribution in [0.15, 0.2) is 59.1 Å². The van der Waals surface area contributed by atoms with Crippen LogP contribution in [0.4, 0.5) is 5.82 Å². The van der Waals surface area contributed by atoms with Crippen LogP contribution in [0.3, 0.4) is 0 Å². The van der Waals surface area contributed by atoms with Crippen LogP contribution in [0.25, 0.3) is 33.3 Å². The molecular formula is C16H11N3O. The van der Waals surface area contributed by atoms with E-state index in [0.29, 0.717) is 11.6 Å². The highest BCUT2D eigenvalue weighted by atomic mass is 16.3. The molecule has 0 radical (unpaired) electrons. The molecule has 0 saturated heterocycles. The van der Waals surface area contributed by atoms with Crippen LogP contribution in [-0.4, -0.2) is 9.97 Å². The number of nitrogens with zero attached hydrogens (tertiary/aromatic N) is 2. The summed E-state index contributed by atoms with van der Waals surface area (Å²) in [6, 6.07) is 15.6. The second kappa shape index (κ2) is 4.06. The molecule has 0 fully saturated rings. The third kappa shape index (κ3) is 1.62. The Morgan fingerprint density at radius 3 is 2.65 bits per heavy atom. The van der Waals surface area contributed by atoms with E-state index in [1.54, 1.807) is 12.3 Å². The van der Waals surface area contributed by atoms with Gasteiger partial charge in [-0.05, 0) is 30.3 Å². The first-order chi connectivity index (χ1) is 9.81. The van der Waals surface area contributed by atoms with Crippen molar-refractivity contribution in [3.05, 3.63) is 54.7 Å². The van der Waals surface area contributed by atoms with Gasteiger partial charge in [0.2, 0.25) is 0 Å². The van der Waals surface area contributed by atoms with Crippen molar-refractivity contribution in [1.82, 2.24) is 9.97 Å². The Morgan fingerprint density at radius 2 is 1.75 bits per heavy atom. The molecule has 2 aromatic heterocycles. The van der Waals surface area contributed by atoms with E-state index in [2.05, 4.69) is 9.97 Å². The van der Waals surface area contributed by atoms with Crippen molar-refractivity contribution in [3.63, 3.8) is 0 Å². The van der Waals surface area contributed by atoms with E-state index in [0.717, 1.165) is 27.5 Å². The Bertz CT molecular complexity index is 927. The molecule has 0 spiro atoms. The summed E-state index contributed by atoms with van der Waals surface area (Å²) in [5.41, 5.74) is 8.38. The summed E-state index contributed by atoms with van der Waals surface area (Å²) < 4.78 is 5.80. The van der Waals surface area contributed by atoms with Crippen LogP contribution in [0.2, 0.25) is 0 Å². The van der Waals surface area contributed by atoms with Gasteiger partial charge in [-0.15, -0.1) is 0 Å². The lowest BCUT2D eigenvalue weighted by Crippen LogP contribution is -1.94. The van der Waals surface area contributed by atoms with Gasteiger partial charge < -0.3 is 10.2 Å². The average molecular weight is 261 g/mol. The first-order valence-electron chi connectivity index (χ1n) is 6.31. The Balaban J connectivity index is 2.00. The number of furan rings is 1. The summed E-state index contributed by atoms with van der Waals surface area (Å²) in [5, 5.41) is 2.15. The van der Waals surface area contributed by atoms with E-state index in [9.17, 15) is 0 Å². The molecule has 96 valence electrons. The predicted molar refractivity (Wildman–Crippen MR) is 79.2 cm³/mol. The maximum absolute atomic E-state index is 5.80. The fraction of sp³-hybridized carbons (Fsp3) is 0. The monoisotopic (exact) mass is 261 g/mol. The molecule has 2 aromatic carbocycles. The SMILES string of the molecule is Nc1ccnc(-c2ccc3oc4ccccc4c3c2)n1. The van der Waals surface area contributed by atoms with Gasteiger partial charge >= 0.3 is 0 Å². The van der Waals surface area contributed by atoms with Gasteiger partial charge in [0.25, 0.3) is 0 Å². The van der Waals surface area contributed by atoms with Gasteiger partial charge in [-0.2, -0.15) is 0 Å². The molecule has 0 bridgehead atoms. The van der Waals surface area contributed by atoms with Crippen molar-refractivity contribution in [3.8, 4) is 11.4 Å². The van der Waals surface area contributed by atoms with Gasteiger partial charge in [0, 0.05) is 22.5 Å². The second-order valence-electron chi connectivity index (χ2n) is 4.61. The normalized spacial score (nSPS) is 11.2. The number of anilines is 1. The summed E-state index contributed by atoms with van der Waals surface area (Å²) in [5.74, 6) is 1.09. The summed E-state index contributed by atoms with van der Waals surface area (Å²) in [6.45, 7) is 0. The number of hydrogen-bond donors (Lipinski definition) is 1. The molecular weight excluding hydrogens is 250 g/mol. The Kier molecular flexibility index (Phi) is 2.23. The van der Waals surface area contributed by atoms with Gasteiger partial charge in [-0.25, -0.2) is 9.97 Å². The topological polar surface area (TPSA) is 64.9 Å². The zero-order chi connectivity index (χ0) is 13.5. The fourth-order valence-corrected chi connectivity index (χ4v) is 2.38. The van der Waals surface area contributed by atoms with Crippen molar-refractivity contribution in [2.75, 3.05) is 5.73 Å². The molecule has 4 rings (SSSR count). The van der Waals surface area contributed by atoms with Gasteiger partial charge in [-0.1, -0.05) is 18.2 Å². The van der Waals surface area contributed by atoms with Crippen molar-refractivity contribution in [2.24, 2.45) is 0 Å². The number of nitrogens with two attached hydrogens (primary N) is 1. The van der Waals surface area contributed by atoms with Crippen molar-refractivity contribution in [1.29, 1.82) is 0 Å². The maximum atomic E-state index is 5.80. The van der Waals surface area contributed by atoms with E-state index in [4.69, 9.17) is 10.2 Å². The molecule has 0 amide bonds. The molecule has 0 atom stereocenters. The van der Waals surface area contributed by atoms with E-state index < -0.39 is 0 Å². The van der Waals surface area contributed by atoms with E-state index in [1.165, 1.54) is 0 Å². The number of nitrogen functional groups attached to an aromatic ring is 1. The molecule has 4 aromatic rings. The van der Waals surface area contributed by atoms with Crippen LogP contribution in [-0.2, 0) is 0 Å². The molecule has 0 unspecified atom stereocenters. The van der Waals surface area contributed by atoms with E-state index in [-0.39, 0.29) is 0 Å². The Labute approximate surface area is 114 Å². The second-order valence-corrected chi connectivity index (χ2v) is 4.61. The predicted octanol–water partition coefficient (Wildman–Crippen LogP) is 3.63. The van der Waals surface area contributed by atoms with E-state index in [1.807, 2.05) is 42.5 Å². The number of aromatic nitrogens is 2. The fourth-order valence-electron chi connectivity index (χ4n) is 2.38. The largest absolute Gasteiger partial charge is 0.456 e. The van der Waals surface area contributed by atoms with Crippen LogP contribution in [0.5, 0.6) is 0 Å². The zero-order valence-electron chi connectivity index (χ0n) is 10.6. The number of rotatable bonds is 1. The molecule has 20 heavy (non-hydrogen) atoms. The molecule has 0 aliphatic carbocycles. The minimum absolute atomic E-state index is 0.465. The van der Waals surface area contributed by atoms with Crippen molar-refractivity contribution in [2.45, 2.75) is 0 Å². The summed E-state index contributed by atoms with van der Waals surface area (Å²) in [6.07, 6.45) is 1.66. The van der Waals surface area contributed by atoms with Gasteiger partial charge in [0.1, 0.15) is 17.0 Å². The Hall–Kier alpha value is -2.88. The highest BCUT2D eigenvalue weighted by molar-refractivity contribution is 6.06. The first-order valence-corrected chi connectivity index (χ1v) is 6.31. The molecule has 0 aliphatic heterocycles. The number of hydrogen-bond acceptors (Lipinski definition) is 4. The van der Waals surface area contributed by atoms with Crippen LogP contribution in [0.1, 0.15) is 0 Å². The van der Waals surface area contributed by atoms with Gasteiger partial charge in [0.15, 0.2) is 5.82 Å². The van der Waals surface area contributed by atoms with Crippen LogP contribution in [0, 0.1) is 0 Å². The third-order valence-corrected chi connectivity index (χ3v) is 3.31. The van der Waals surface area contributed by atoms with Crippen LogP contribution < -0.4 is 5.73 Å². The van der Waals surface area contributed by atoms with E-state index >= 15 is 0 Å². The minimum atomic E-state index is 0.465. The molecule has 0 saturated carbocycles. The average Bonchev–Trinajstić information content (AvgIpc) is 2.85. The smallest absolute Gasteiger partial charge is 0.161 e. The number of benzene rings is 2. The zero-order valence-corrected chi connectivity index (χ0v) is 10.6. The number of fused-ring (bicyclic) bond motifs is 3. The molecule has 0 aliphatic rings. The molecule has 2 N–H and O–H groups in total. The van der Waals surface area contributed by atoms with Crippen molar-refractivity contribution >= 4 is 27.8 Å². The summed E-state index contributed by atoms with van der Waals surface area (Å²) in [4.78, 5) is 8.51. The molecule has 2 heterocycles. The maximum Gasteiger partial charge on any atom is 0.161 e. The van der Waals surface area contributed by atoms with Crippen LogP contribution >= 0.6 is 0 Å². The number of para-hydroxylation sites is 1. The summed E-state index contributed by atoms with van der Waals surface area (Å²) >= 11 is 0. The standard InChI is InChI=1S/C16H11N3O/c17-15-7-8-18-16(19-15)10-5-6-14-12(9-10)11-3-1-2-4-13(11)20-14/h1-9H,(H2,17,18,19). The first kappa shape index (κ1) is 11.0. The van der Waals surface area contributed by atoms with Crippen molar-refractivity contribution < 1.29 is 4.42 Å². The highest BCUT2D eigenvalue weighted by Crippen LogP contribution is 2.31. The molecule has 4 nitrogen and oxygen atoms in total.